The van der Waals surface area contributed by atoms with Gasteiger partial charge in [-0.15, -0.1) is 0 Å². The van der Waals surface area contributed by atoms with Gasteiger partial charge in [0.2, 0.25) is 6.08 Å². The van der Waals surface area contributed by atoms with Crippen LogP contribution in [0.5, 0.6) is 0 Å². The summed E-state index contributed by atoms with van der Waals surface area (Å²) in [6.45, 7) is 0. The molecule has 0 bridgehead atoms. The van der Waals surface area contributed by atoms with E-state index in [1.54, 1.807) is 6.08 Å². The van der Waals surface area contributed by atoms with Crippen LogP contribution in [0.1, 0.15) is 36.8 Å². The van der Waals surface area contributed by atoms with E-state index in [2.05, 4.69) is 11.1 Å². The van der Waals surface area contributed by atoms with Crippen LogP contribution >= 0.6 is 0 Å². The highest BCUT2D eigenvalue weighted by Crippen LogP contribution is 2.49. The normalized spacial score (nSPS) is 22.6. The molecule has 0 unspecified atom stereocenters. The molecule has 3 nitrogen and oxygen atoms in total. The van der Waals surface area contributed by atoms with Crippen molar-refractivity contribution in [3.63, 3.8) is 0 Å². The maximum Gasteiger partial charge on any atom is 0.235 e. The van der Waals surface area contributed by atoms with Crippen molar-refractivity contribution >= 4 is 6.08 Å². The maximum atomic E-state index is 10.4. The molecular weight excluding hydrogens is 214 g/mol. The van der Waals surface area contributed by atoms with Gasteiger partial charge in [0.15, 0.2) is 0 Å². The van der Waals surface area contributed by atoms with Gasteiger partial charge in [-0.2, -0.15) is 4.99 Å². The second-order valence-corrected chi connectivity index (χ2v) is 5.34. The monoisotopic (exact) mass is 229 g/mol. The molecule has 1 aromatic rings. The minimum absolute atomic E-state index is 0.302. The summed E-state index contributed by atoms with van der Waals surface area (Å²) in [4.78, 5) is 14.3. The lowest BCUT2D eigenvalue weighted by Crippen LogP contribution is -2.11. The molecule has 0 spiro atoms. The molecular formula is C14H15NO2. The van der Waals surface area contributed by atoms with Crippen molar-refractivity contribution < 1.29 is 9.90 Å². The van der Waals surface area contributed by atoms with Gasteiger partial charge in [-0.25, -0.2) is 4.79 Å². The van der Waals surface area contributed by atoms with E-state index in [4.69, 9.17) is 0 Å². The fraction of sp³-hybridized carbons (Fsp3) is 0.500. The van der Waals surface area contributed by atoms with Gasteiger partial charge in [-0.1, -0.05) is 24.3 Å². The summed E-state index contributed by atoms with van der Waals surface area (Å²) in [6, 6.07) is 8.09. The fourth-order valence-electron chi connectivity index (χ4n) is 2.34. The number of aliphatic hydroxyl groups is 1. The molecule has 88 valence electrons. The summed E-state index contributed by atoms with van der Waals surface area (Å²) < 4.78 is 0. The van der Waals surface area contributed by atoms with Crippen molar-refractivity contribution in [2.24, 2.45) is 4.99 Å². The SMILES string of the molecule is O=C=NC1(c2cccc(CC3(O)CC3)c2)CC1. The highest BCUT2D eigenvalue weighted by molar-refractivity contribution is 5.42. The van der Waals surface area contributed by atoms with Crippen LogP contribution in [0.4, 0.5) is 0 Å². The fourth-order valence-corrected chi connectivity index (χ4v) is 2.34. The van der Waals surface area contributed by atoms with E-state index in [1.165, 1.54) is 0 Å². The Morgan fingerprint density at radius 1 is 1.29 bits per heavy atom. The topological polar surface area (TPSA) is 49.7 Å². The van der Waals surface area contributed by atoms with E-state index in [9.17, 15) is 9.90 Å². The van der Waals surface area contributed by atoms with E-state index in [0.29, 0.717) is 6.42 Å². The molecule has 1 N–H and O–H groups in total. The third-order valence-corrected chi connectivity index (χ3v) is 3.81. The molecule has 2 aliphatic carbocycles. The van der Waals surface area contributed by atoms with Gasteiger partial charge in [0, 0.05) is 6.42 Å². The molecule has 2 aliphatic rings. The van der Waals surface area contributed by atoms with Gasteiger partial charge in [-0.3, -0.25) is 0 Å². The van der Waals surface area contributed by atoms with Crippen LogP contribution in [0.25, 0.3) is 0 Å². The summed E-state index contributed by atoms with van der Waals surface area (Å²) >= 11 is 0. The Kier molecular flexibility index (Phi) is 2.22. The van der Waals surface area contributed by atoms with Gasteiger partial charge >= 0.3 is 0 Å². The van der Waals surface area contributed by atoms with Crippen LogP contribution in [-0.2, 0) is 16.8 Å². The van der Waals surface area contributed by atoms with E-state index < -0.39 is 5.60 Å². The Hall–Kier alpha value is -1.44. The molecule has 17 heavy (non-hydrogen) atoms. The zero-order chi connectivity index (χ0) is 11.9. The molecule has 0 amide bonds. The van der Waals surface area contributed by atoms with Crippen LogP contribution in [0.3, 0.4) is 0 Å². The van der Waals surface area contributed by atoms with Crippen molar-refractivity contribution in [3.05, 3.63) is 35.4 Å². The summed E-state index contributed by atoms with van der Waals surface area (Å²) in [5.74, 6) is 0. The Labute approximate surface area is 100 Å². The number of hydrogen-bond donors (Lipinski definition) is 1. The van der Waals surface area contributed by atoms with Crippen molar-refractivity contribution in [2.45, 2.75) is 43.2 Å². The van der Waals surface area contributed by atoms with Crippen LogP contribution in [0.15, 0.2) is 29.3 Å². The van der Waals surface area contributed by atoms with Crippen molar-refractivity contribution in [2.75, 3.05) is 0 Å². The Morgan fingerprint density at radius 3 is 2.65 bits per heavy atom. The molecule has 0 atom stereocenters. The highest BCUT2D eigenvalue weighted by Gasteiger charge is 2.45. The number of rotatable bonds is 4. The first-order valence-corrected chi connectivity index (χ1v) is 6.07. The van der Waals surface area contributed by atoms with Crippen molar-refractivity contribution in [1.82, 2.24) is 0 Å². The minimum Gasteiger partial charge on any atom is -0.390 e. The number of isocyanates is 1. The van der Waals surface area contributed by atoms with E-state index in [0.717, 1.165) is 36.8 Å². The summed E-state index contributed by atoms with van der Waals surface area (Å²) in [5.41, 5.74) is 1.45. The Morgan fingerprint density at radius 2 is 2.06 bits per heavy atom. The Bertz CT molecular complexity index is 495. The zero-order valence-electron chi connectivity index (χ0n) is 9.65. The molecule has 0 radical (unpaired) electrons. The molecule has 2 fully saturated rings. The van der Waals surface area contributed by atoms with E-state index in [1.807, 2.05) is 18.2 Å². The zero-order valence-corrected chi connectivity index (χ0v) is 9.65. The second-order valence-electron chi connectivity index (χ2n) is 5.34. The number of carbonyl (C=O) groups excluding carboxylic acids is 1. The van der Waals surface area contributed by atoms with E-state index in [-0.39, 0.29) is 5.54 Å². The molecule has 3 rings (SSSR count). The second kappa shape index (κ2) is 3.52. The first-order valence-electron chi connectivity index (χ1n) is 6.07. The molecule has 2 saturated carbocycles. The molecule has 0 aromatic heterocycles. The van der Waals surface area contributed by atoms with Gasteiger partial charge in [0.05, 0.1) is 11.1 Å². The minimum atomic E-state index is -0.469. The standard InChI is InChI=1S/C14H15NO2/c16-10-15-14(6-7-14)12-3-1-2-11(8-12)9-13(17)4-5-13/h1-3,8,17H,4-7,9H2. The van der Waals surface area contributed by atoms with Gasteiger partial charge in [0.1, 0.15) is 0 Å². The average molecular weight is 229 g/mol. The van der Waals surface area contributed by atoms with Gasteiger partial charge in [0.25, 0.3) is 0 Å². The van der Waals surface area contributed by atoms with Crippen LogP contribution in [0, 0.1) is 0 Å². The number of nitrogens with zero attached hydrogens (tertiary/aromatic N) is 1. The number of aliphatic imine (C=N–C) groups is 1. The van der Waals surface area contributed by atoms with E-state index >= 15 is 0 Å². The first-order chi connectivity index (χ1) is 8.16. The van der Waals surface area contributed by atoms with Gasteiger partial charge in [-0.05, 0) is 36.8 Å². The lowest BCUT2D eigenvalue weighted by molar-refractivity contribution is 0.151. The Balaban J connectivity index is 1.86. The molecule has 1 aromatic carbocycles. The lowest BCUT2D eigenvalue weighted by atomic mass is 9.99. The molecule has 0 heterocycles. The molecule has 3 heteroatoms. The predicted octanol–water partition coefficient (Wildman–Crippen LogP) is 2.08. The van der Waals surface area contributed by atoms with Crippen molar-refractivity contribution in [3.8, 4) is 0 Å². The summed E-state index contributed by atoms with van der Waals surface area (Å²) in [5, 5.41) is 9.91. The lowest BCUT2D eigenvalue weighted by Gasteiger charge is -2.12. The molecule has 0 saturated heterocycles. The van der Waals surface area contributed by atoms with Crippen LogP contribution < -0.4 is 0 Å². The molecule has 0 aliphatic heterocycles. The third-order valence-electron chi connectivity index (χ3n) is 3.81. The predicted molar refractivity (Wildman–Crippen MR) is 63.4 cm³/mol. The maximum absolute atomic E-state index is 10.4. The smallest absolute Gasteiger partial charge is 0.235 e. The van der Waals surface area contributed by atoms with Gasteiger partial charge < -0.3 is 5.11 Å². The highest BCUT2D eigenvalue weighted by atomic mass is 16.3. The van der Waals surface area contributed by atoms with Crippen molar-refractivity contribution in [1.29, 1.82) is 0 Å². The summed E-state index contributed by atoms with van der Waals surface area (Å²) in [6.07, 6.45) is 6.03. The summed E-state index contributed by atoms with van der Waals surface area (Å²) in [7, 11) is 0. The number of hydrogen-bond acceptors (Lipinski definition) is 3. The quantitative estimate of drug-likeness (QED) is 0.634. The average Bonchev–Trinajstić information content (AvgIpc) is 3.20. The third kappa shape index (κ3) is 2.04. The number of benzene rings is 1. The largest absolute Gasteiger partial charge is 0.390 e. The van der Waals surface area contributed by atoms with Crippen LogP contribution in [0.2, 0.25) is 0 Å². The first kappa shape index (κ1) is 10.7. The van der Waals surface area contributed by atoms with Crippen LogP contribution in [-0.4, -0.2) is 16.8 Å².